The van der Waals surface area contributed by atoms with Crippen LogP contribution >= 0.6 is 27.5 Å². The normalized spacial score (nSPS) is 16.0. The van der Waals surface area contributed by atoms with Crippen molar-refractivity contribution < 1.29 is 4.79 Å². The van der Waals surface area contributed by atoms with E-state index in [-0.39, 0.29) is 5.91 Å². The third kappa shape index (κ3) is 5.11. The first-order valence-electron chi connectivity index (χ1n) is 9.66. The van der Waals surface area contributed by atoms with E-state index in [9.17, 15) is 4.79 Å². The van der Waals surface area contributed by atoms with Crippen LogP contribution in [0.1, 0.15) is 51.2 Å². The molecule has 1 atom stereocenters. The van der Waals surface area contributed by atoms with Crippen LogP contribution in [0.3, 0.4) is 0 Å². The second-order valence-corrected chi connectivity index (χ2v) is 8.52. The molecule has 146 valence electrons. The molecule has 5 nitrogen and oxygen atoms in total. The number of hydrogen-bond acceptors (Lipinski definition) is 3. The lowest BCUT2D eigenvalue weighted by molar-refractivity contribution is -0.133. The van der Waals surface area contributed by atoms with Gasteiger partial charge in [-0.15, -0.1) is 0 Å². The van der Waals surface area contributed by atoms with Crippen LogP contribution in [0, 0.1) is 5.92 Å². The van der Waals surface area contributed by atoms with E-state index >= 15 is 0 Å². The van der Waals surface area contributed by atoms with Gasteiger partial charge in [-0.05, 0) is 52.9 Å². The van der Waals surface area contributed by atoms with Gasteiger partial charge < -0.3 is 4.90 Å². The number of carbonyl (C=O) groups is 1. The molecule has 1 aliphatic rings. The summed E-state index contributed by atoms with van der Waals surface area (Å²) in [5, 5.41) is 5.39. The number of likely N-dealkylation sites (tertiary alicyclic amines) is 1. The summed E-state index contributed by atoms with van der Waals surface area (Å²) in [6.45, 7) is 5.92. The molecular formula is C20H26BrClN4O. The molecule has 0 N–H and O–H groups in total. The summed E-state index contributed by atoms with van der Waals surface area (Å²) < 4.78 is 2.73. The summed E-state index contributed by atoms with van der Waals surface area (Å²) in [6, 6.07) is 5.79. The van der Waals surface area contributed by atoms with Crippen LogP contribution in [-0.2, 0) is 17.6 Å². The fraction of sp³-hybridized carbons (Fsp3) is 0.550. The summed E-state index contributed by atoms with van der Waals surface area (Å²) >= 11 is 9.72. The number of carbonyl (C=O) groups excluding carboxylic acids is 1. The van der Waals surface area contributed by atoms with Crippen LogP contribution in [0.15, 0.2) is 22.7 Å². The zero-order valence-electron chi connectivity index (χ0n) is 15.9. The summed E-state index contributed by atoms with van der Waals surface area (Å²) in [5.41, 5.74) is 0.895. The smallest absolute Gasteiger partial charge is 0.222 e. The quantitative estimate of drug-likeness (QED) is 0.603. The van der Waals surface area contributed by atoms with Crippen molar-refractivity contribution in [1.82, 2.24) is 19.7 Å². The summed E-state index contributed by atoms with van der Waals surface area (Å²) in [6.07, 6.45) is 5.38. The summed E-state index contributed by atoms with van der Waals surface area (Å²) in [5.74, 6) is 2.51. The zero-order valence-corrected chi connectivity index (χ0v) is 18.3. The highest BCUT2D eigenvalue weighted by molar-refractivity contribution is 9.10. The Hall–Kier alpha value is -1.40. The van der Waals surface area contributed by atoms with E-state index in [1.54, 1.807) is 0 Å². The van der Waals surface area contributed by atoms with Gasteiger partial charge in [0.2, 0.25) is 5.91 Å². The molecule has 0 spiro atoms. The molecule has 1 amide bonds. The molecule has 2 heterocycles. The lowest BCUT2D eigenvalue weighted by atomic mass is 10.1. The largest absolute Gasteiger partial charge is 0.342 e. The van der Waals surface area contributed by atoms with Gasteiger partial charge in [-0.25, -0.2) is 9.67 Å². The Balaban J connectivity index is 1.85. The molecule has 2 aromatic rings. The van der Waals surface area contributed by atoms with E-state index in [1.807, 2.05) is 27.8 Å². The molecule has 3 rings (SSSR count). The molecule has 1 saturated heterocycles. The molecule has 1 aliphatic heterocycles. The molecule has 1 unspecified atom stereocenters. The van der Waals surface area contributed by atoms with Gasteiger partial charge in [0, 0.05) is 36.8 Å². The molecule has 0 bridgehead atoms. The van der Waals surface area contributed by atoms with Crippen LogP contribution in [-0.4, -0.2) is 38.7 Å². The first kappa shape index (κ1) is 20.3. The maximum atomic E-state index is 12.1. The molecule has 0 aliphatic carbocycles. The predicted molar refractivity (Wildman–Crippen MR) is 111 cm³/mol. The van der Waals surface area contributed by atoms with Crippen molar-refractivity contribution in [2.45, 2.75) is 52.4 Å². The van der Waals surface area contributed by atoms with Gasteiger partial charge >= 0.3 is 0 Å². The van der Waals surface area contributed by atoms with Crippen molar-refractivity contribution >= 4 is 33.4 Å². The van der Waals surface area contributed by atoms with Crippen LogP contribution in [0.5, 0.6) is 0 Å². The average Bonchev–Trinajstić information content (AvgIpc) is 3.05. The second kappa shape index (κ2) is 9.20. The first-order valence-corrected chi connectivity index (χ1v) is 10.8. The minimum absolute atomic E-state index is 0.249. The van der Waals surface area contributed by atoms with Crippen molar-refractivity contribution in [3.63, 3.8) is 0 Å². The van der Waals surface area contributed by atoms with E-state index in [2.05, 4.69) is 29.8 Å². The summed E-state index contributed by atoms with van der Waals surface area (Å²) in [4.78, 5) is 18.8. The van der Waals surface area contributed by atoms with Crippen LogP contribution in [0.4, 0.5) is 0 Å². The Bertz CT molecular complexity index is 807. The van der Waals surface area contributed by atoms with Gasteiger partial charge in [0.05, 0.1) is 10.7 Å². The van der Waals surface area contributed by atoms with Crippen LogP contribution < -0.4 is 0 Å². The Morgan fingerprint density at radius 3 is 2.85 bits per heavy atom. The molecule has 0 saturated carbocycles. The van der Waals surface area contributed by atoms with Crippen molar-refractivity contribution in [1.29, 1.82) is 0 Å². The van der Waals surface area contributed by atoms with Gasteiger partial charge in [0.15, 0.2) is 5.82 Å². The first-order chi connectivity index (χ1) is 13.0. The molecule has 1 aromatic heterocycles. The molecule has 0 radical (unpaired) electrons. The molecule has 1 aromatic carbocycles. The van der Waals surface area contributed by atoms with Crippen LogP contribution in [0.25, 0.3) is 5.69 Å². The Morgan fingerprint density at radius 1 is 1.33 bits per heavy atom. The number of rotatable bonds is 7. The van der Waals surface area contributed by atoms with Gasteiger partial charge in [0.25, 0.3) is 0 Å². The Labute approximate surface area is 174 Å². The van der Waals surface area contributed by atoms with Gasteiger partial charge in [-0.2, -0.15) is 5.10 Å². The number of nitrogens with zero attached hydrogens (tertiary/aromatic N) is 4. The van der Waals surface area contributed by atoms with E-state index in [4.69, 9.17) is 21.7 Å². The fourth-order valence-corrected chi connectivity index (χ4v) is 3.67. The molecular weight excluding hydrogens is 428 g/mol. The van der Waals surface area contributed by atoms with Crippen molar-refractivity contribution in [3.05, 3.63) is 39.3 Å². The highest BCUT2D eigenvalue weighted by Gasteiger charge is 2.20. The lowest BCUT2D eigenvalue weighted by Crippen LogP contribution is -2.37. The zero-order chi connectivity index (χ0) is 19.4. The standard InChI is InChI=1S/C20H26BrClN4O/c1-3-14(2)12-18-23-19(9-11-25-10-5-4-6-20(25)27)26(24-18)15-7-8-16(21)17(22)13-15/h7-8,13-14H,3-6,9-12H2,1-2H3. The molecule has 7 heteroatoms. The maximum Gasteiger partial charge on any atom is 0.222 e. The third-order valence-electron chi connectivity index (χ3n) is 5.12. The highest BCUT2D eigenvalue weighted by Crippen LogP contribution is 2.25. The van der Waals surface area contributed by atoms with Crippen LogP contribution in [0.2, 0.25) is 5.02 Å². The Kier molecular flexibility index (Phi) is 6.93. The monoisotopic (exact) mass is 452 g/mol. The third-order valence-corrected chi connectivity index (χ3v) is 6.35. The number of hydrogen-bond donors (Lipinski definition) is 0. The number of piperidine rings is 1. The van der Waals surface area contributed by atoms with E-state index in [0.29, 0.717) is 30.3 Å². The predicted octanol–water partition coefficient (Wildman–Crippen LogP) is 4.83. The number of aromatic nitrogens is 3. The van der Waals surface area contributed by atoms with E-state index in [1.165, 1.54) is 0 Å². The lowest BCUT2D eigenvalue weighted by Gasteiger charge is -2.26. The van der Waals surface area contributed by atoms with Crippen molar-refractivity contribution in [2.24, 2.45) is 5.92 Å². The highest BCUT2D eigenvalue weighted by atomic mass is 79.9. The minimum Gasteiger partial charge on any atom is -0.342 e. The Morgan fingerprint density at radius 2 is 2.15 bits per heavy atom. The van der Waals surface area contributed by atoms with Gasteiger partial charge in [-0.3, -0.25) is 4.79 Å². The second-order valence-electron chi connectivity index (χ2n) is 7.26. The van der Waals surface area contributed by atoms with Gasteiger partial charge in [-0.1, -0.05) is 31.9 Å². The van der Waals surface area contributed by atoms with Crippen molar-refractivity contribution in [3.8, 4) is 5.69 Å². The average molecular weight is 454 g/mol. The number of halogens is 2. The fourth-order valence-electron chi connectivity index (χ4n) is 3.25. The SMILES string of the molecule is CCC(C)Cc1nc(CCN2CCCCC2=O)n(-c2ccc(Br)c(Cl)c2)n1. The number of amides is 1. The van der Waals surface area contributed by atoms with Gasteiger partial charge in [0.1, 0.15) is 5.82 Å². The molecule has 27 heavy (non-hydrogen) atoms. The molecule has 1 fully saturated rings. The minimum atomic E-state index is 0.249. The topological polar surface area (TPSA) is 51.0 Å². The van der Waals surface area contributed by atoms with Crippen molar-refractivity contribution in [2.75, 3.05) is 13.1 Å². The maximum absolute atomic E-state index is 12.1. The summed E-state index contributed by atoms with van der Waals surface area (Å²) in [7, 11) is 0. The van der Waals surface area contributed by atoms with E-state index < -0.39 is 0 Å². The van der Waals surface area contributed by atoms with E-state index in [0.717, 1.165) is 54.0 Å². The number of benzene rings is 1.